The molecule has 1 rings (SSSR count). The van der Waals surface area contributed by atoms with Crippen molar-refractivity contribution in [2.24, 2.45) is 5.73 Å². The van der Waals surface area contributed by atoms with E-state index in [1.807, 2.05) is 12.1 Å². The molecule has 0 aromatic heterocycles. The van der Waals surface area contributed by atoms with E-state index in [9.17, 15) is 5.11 Å². The molecule has 0 aliphatic rings. The fourth-order valence-corrected chi connectivity index (χ4v) is 1.54. The smallest absolute Gasteiger partial charge is 0.115 e. The lowest BCUT2D eigenvalue weighted by Crippen LogP contribution is -2.09. The van der Waals surface area contributed by atoms with Crippen molar-refractivity contribution < 1.29 is 5.11 Å². The minimum atomic E-state index is 0.0636. The molecule has 0 spiro atoms. The van der Waals surface area contributed by atoms with E-state index < -0.39 is 0 Å². The highest BCUT2D eigenvalue weighted by Gasteiger charge is 2.05. The van der Waals surface area contributed by atoms with Gasteiger partial charge < -0.3 is 10.8 Å². The van der Waals surface area contributed by atoms with Crippen molar-refractivity contribution in [1.29, 1.82) is 0 Å². The number of unbranched alkanes of at least 4 members (excludes halogenated alkanes) is 2. The Hall–Kier alpha value is -1.02. The van der Waals surface area contributed by atoms with Crippen LogP contribution in [0.25, 0.3) is 0 Å². The van der Waals surface area contributed by atoms with Crippen molar-refractivity contribution in [2.45, 2.75) is 38.6 Å². The standard InChI is InChI=1S/C12H19NO/c1-2-3-4-8-12(13)10-6-5-7-11(14)9-10/h5-7,9,12,14H,2-4,8,13H2,1H3/t12-/m1/s1. The van der Waals surface area contributed by atoms with E-state index in [1.54, 1.807) is 12.1 Å². The fourth-order valence-electron chi connectivity index (χ4n) is 1.54. The molecule has 1 atom stereocenters. The van der Waals surface area contributed by atoms with Crippen LogP contribution in [0.1, 0.15) is 44.2 Å². The topological polar surface area (TPSA) is 46.2 Å². The summed E-state index contributed by atoms with van der Waals surface area (Å²) in [6.45, 7) is 2.18. The van der Waals surface area contributed by atoms with Crippen molar-refractivity contribution in [3.63, 3.8) is 0 Å². The van der Waals surface area contributed by atoms with Crippen molar-refractivity contribution in [2.75, 3.05) is 0 Å². The molecular formula is C12H19NO. The fraction of sp³-hybridized carbons (Fsp3) is 0.500. The van der Waals surface area contributed by atoms with E-state index in [0.717, 1.165) is 18.4 Å². The molecular weight excluding hydrogens is 174 g/mol. The summed E-state index contributed by atoms with van der Waals surface area (Å²) in [4.78, 5) is 0. The van der Waals surface area contributed by atoms with Gasteiger partial charge in [-0.15, -0.1) is 0 Å². The molecule has 0 unspecified atom stereocenters. The quantitative estimate of drug-likeness (QED) is 0.706. The molecule has 1 aromatic carbocycles. The van der Waals surface area contributed by atoms with E-state index in [-0.39, 0.29) is 6.04 Å². The first-order chi connectivity index (χ1) is 6.74. The van der Waals surface area contributed by atoms with Crippen LogP contribution >= 0.6 is 0 Å². The Morgan fingerprint density at radius 2 is 2.14 bits per heavy atom. The number of rotatable bonds is 5. The SMILES string of the molecule is CCCCC[C@@H](N)c1cccc(O)c1. The minimum absolute atomic E-state index is 0.0636. The van der Waals surface area contributed by atoms with E-state index in [4.69, 9.17) is 5.73 Å². The number of hydrogen-bond donors (Lipinski definition) is 2. The van der Waals surface area contributed by atoms with Crippen LogP contribution in [0.15, 0.2) is 24.3 Å². The summed E-state index contributed by atoms with van der Waals surface area (Å²) < 4.78 is 0. The molecule has 2 heteroatoms. The predicted octanol–water partition coefficient (Wildman–Crippen LogP) is 2.97. The van der Waals surface area contributed by atoms with Crippen LogP contribution in [0.2, 0.25) is 0 Å². The van der Waals surface area contributed by atoms with Gasteiger partial charge in [0.2, 0.25) is 0 Å². The molecule has 0 saturated carbocycles. The summed E-state index contributed by atoms with van der Waals surface area (Å²) in [5.41, 5.74) is 7.02. The van der Waals surface area contributed by atoms with Crippen LogP contribution in [0, 0.1) is 0 Å². The number of aromatic hydroxyl groups is 1. The van der Waals surface area contributed by atoms with Crippen LogP contribution in [0.3, 0.4) is 0 Å². The second-order valence-corrected chi connectivity index (χ2v) is 3.70. The molecule has 14 heavy (non-hydrogen) atoms. The third-order valence-corrected chi connectivity index (χ3v) is 2.42. The van der Waals surface area contributed by atoms with Gasteiger partial charge in [0, 0.05) is 6.04 Å². The van der Waals surface area contributed by atoms with Crippen molar-refractivity contribution in [3.8, 4) is 5.75 Å². The average molecular weight is 193 g/mol. The normalized spacial score (nSPS) is 12.7. The van der Waals surface area contributed by atoms with Crippen molar-refractivity contribution in [3.05, 3.63) is 29.8 Å². The summed E-state index contributed by atoms with van der Waals surface area (Å²) in [7, 11) is 0. The van der Waals surface area contributed by atoms with Crippen LogP contribution < -0.4 is 5.73 Å². The molecule has 0 saturated heterocycles. The highest BCUT2D eigenvalue weighted by Crippen LogP contribution is 2.20. The zero-order valence-corrected chi connectivity index (χ0v) is 8.74. The van der Waals surface area contributed by atoms with Gasteiger partial charge in [0.25, 0.3) is 0 Å². The third kappa shape index (κ3) is 3.38. The number of benzene rings is 1. The molecule has 0 heterocycles. The third-order valence-electron chi connectivity index (χ3n) is 2.42. The van der Waals surface area contributed by atoms with Crippen LogP contribution in [0.4, 0.5) is 0 Å². The first-order valence-corrected chi connectivity index (χ1v) is 5.28. The Bertz CT molecular complexity index is 273. The minimum Gasteiger partial charge on any atom is -0.508 e. The second kappa shape index (κ2) is 5.66. The zero-order chi connectivity index (χ0) is 10.4. The van der Waals surface area contributed by atoms with Gasteiger partial charge in [0.1, 0.15) is 5.75 Å². The maximum Gasteiger partial charge on any atom is 0.115 e. The van der Waals surface area contributed by atoms with Gasteiger partial charge in [0.05, 0.1) is 0 Å². The Morgan fingerprint density at radius 1 is 1.36 bits per heavy atom. The maximum atomic E-state index is 9.28. The molecule has 3 N–H and O–H groups in total. The van der Waals surface area contributed by atoms with E-state index in [2.05, 4.69) is 6.92 Å². The molecule has 0 fully saturated rings. The molecule has 0 amide bonds. The Labute approximate surface area is 85.8 Å². The van der Waals surface area contributed by atoms with Gasteiger partial charge in [-0.3, -0.25) is 0 Å². The summed E-state index contributed by atoms with van der Waals surface area (Å²) in [6, 6.07) is 7.29. The monoisotopic (exact) mass is 193 g/mol. The highest BCUT2D eigenvalue weighted by atomic mass is 16.3. The maximum absolute atomic E-state index is 9.28. The first kappa shape index (κ1) is 11.1. The van der Waals surface area contributed by atoms with Crippen LogP contribution in [-0.2, 0) is 0 Å². The lowest BCUT2D eigenvalue weighted by Gasteiger charge is -2.11. The van der Waals surface area contributed by atoms with E-state index in [1.165, 1.54) is 12.8 Å². The van der Waals surface area contributed by atoms with Gasteiger partial charge in [-0.2, -0.15) is 0 Å². The molecule has 0 aliphatic heterocycles. The molecule has 0 aliphatic carbocycles. The summed E-state index contributed by atoms with van der Waals surface area (Å²) in [6.07, 6.45) is 4.60. The van der Waals surface area contributed by atoms with Gasteiger partial charge in [0.15, 0.2) is 0 Å². The Balaban J connectivity index is 2.47. The molecule has 78 valence electrons. The van der Waals surface area contributed by atoms with Crippen molar-refractivity contribution >= 4 is 0 Å². The Morgan fingerprint density at radius 3 is 2.79 bits per heavy atom. The largest absolute Gasteiger partial charge is 0.508 e. The van der Waals surface area contributed by atoms with Crippen LogP contribution in [-0.4, -0.2) is 5.11 Å². The summed E-state index contributed by atoms with van der Waals surface area (Å²) >= 11 is 0. The van der Waals surface area contributed by atoms with Gasteiger partial charge in [-0.25, -0.2) is 0 Å². The zero-order valence-electron chi connectivity index (χ0n) is 8.74. The van der Waals surface area contributed by atoms with Gasteiger partial charge >= 0.3 is 0 Å². The molecule has 2 nitrogen and oxygen atoms in total. The molecule has 0 bridgehead atoms. The van der Waals surface area contributed by atoms with Crippen LogP contribution in [0.5, 0.6) is 5.75 Å². The summed E-state index contributed by atoms with van der Waals surface area (Å²) in [5.74, 6) is 0.299. The Kier molecular flexibility index (Phi) is 4.47. The van der Waals surface area contributed by atoms with Gasteiger partial charge in [-0.1, -0.05) is 38.3 Å². The number of phenolic OH excluding ortho intramolecular Hbond substituents is 1. The second-order valence-electron chi connectivity index (χ2n) is 3.70. The average Bonchev–Trinajstić information content (AvgIpc) is 2.18. The van der Waals surface area contributed by atoms with E-state index >= 15 is 0 Å². The molecule has 1 aromatic rings. The number of phenols is 1. The van der Waals surface area contributed by atoms with Crippen molar-refractivity contribution in [1.82, 2.24) is 0 Å². The van der Waals surface area contributed by atoms with E-state index in [0.29, 0.717) is 5.75 Å². The predicted molar refractivity (Wildman–Crippen MR) is 59.2 cm³/mol. The lowest BCUT2D eigenvalue weighted by atomic mass is 10.0. The van der Waals surface area contributed by atoms with Gasteiger partial charge in [-0.05, 0) is 24.1 Å². The lowest BCUT2D eigenvalue weighted by molar-refractivity contribution is 0.472. The number of hydrogen-bond acceptors (Lipinski definition) is 2. The number of nitrogens with two attached hydrogens (primary N) is 1. The summed E-state index contributed by atoms with van der Waals surface area (Å²) in [5, 5.41) is 9.28. The molecule has 0 radical (unpaired) electrons. The first-order valence-electron chi connectivity index (χ1n) is 5.28. The highest BCUT2D eigenvalue weighted by molar-refractivity contribution is 5.29.